The Labute approximate surface area is 156 Å². The summed E-state index contributed by atoms with van der Waals surface area (Å²) in [6.45, 7) is -0.257. The molecule has 0 aliphatic heterocycles. The zero-order chi connectivity index (χ0) is 19.8. The number of aliphatic carboxylic acids is 1. The van der Waals surface area contributed by atoms with Crippen LogP contribution < -0.4 is 5.32 Å². The lowest BCUT2D eigenvalue weighted by molar-refractivity contribution is -0.142. The van der Waals surface area contributed by atoms with Crippen molar-refractivity contribution in [2.24, 2.45) is 5.92 Å². The van der Waals surface area contributed by atoms with E-state index in [4.69, 9.17) is 0 Å². The van der Waals surface area contributed by atoms with Crippen molar-refractivity contribution in [2.75, 3.05) is 6.61 Å². The summed E-state index contributed by atoms with van der Waals surface area (Å²) in [5, 5.41) is 40.5. The summed E-state index contributed by atoms with van der Waals surface area (Å²) in [5.74, 6) is -2.65. The van der Waals surface area contributed by atoms with E-state index in [9.17, 15) is 30.0 Å². The fourth-order valence-corrected chi connectivity index (χ4v) is 2.81. The van der Waals surface area contributed by atoms with Crippen LogP contribution in [-0.4, -0.2) is 45.0 Å². The fourth-order valence-electron chi connectivity index (χ4n) is 2.81. The van der Waals surface area contributed by atoms with Crippen molar-refractivity contribution in [3.05, 3.63) is 59.7 Å². The van der Waals surface area contributed by atoms with Gasteiger partial charge < -0.3 is 25.7 Å². The van der Waals surface area contributed by atoms with Gasteiger partial charge in [0.2, 0.25) is 5.91 Å². The molecule has 2 atom stereocenters. The molecule has 0 saturated heterocycles. The third kappa shape index (κ3) is 6.00. The van der Waals surface area contributed by atoms with Crippen molar-refractivity contribution in [1.29, 1.82) is 0 Å². The van der Waals surface area contributed by atoms with Crippen LogP contribution in [0.2, 0.25) is 0 Å². The van der Waals surface area contributed by atoms with E-state index in [1.807, 2.05) is 6.07 Å². The lowest BCUT2D eigenvalue weighted by atomic mass is 9.94. The molecular weight excluding hydrogens is 350 g/mol. The molecule has 7 nitrogen and oxygen atoms in total. The summed E-state index contributed by atoms with van der Waals surface area (Å²) in [6.07, 6.45) is 0.359. The SMILES string of the molecule is O=C(NC(Cc1ccccc1)C(=O)O)C(CCO)Cc1ccc(O)cc1O. The van der Waals surface area contributed by atoms with Gasteiger partial charge in [0.1, 0.15) is 17.5 Å². The summed E-state index contributed by atoms with van der Waals surface area (Å²) >= 11 is 0. The molecule has 144 valence electrons. The second kappa shape index (κ2) is 9.59. The number of carboxylic acid groups (broad SMARTS) is 1. The number of aromatic hydroxyl groups is 2. The lowest BCUT2D eigenvalue weighted by Crippen LogP contribution is -2.45. The van der Waals surface area contributed by atoms with Gasteiger partial charge in [-0.3, -0.25) is 4.79 Å². The first-order valence-electron chi connectivity index (χ1n) is 8.59. The molecule has 0 heterocycles. The van der Waals surface area contributed by atoms with Gasteiger partial charge in [0, 0.05) is 25.0 Å². The van der Waals surface area contributed by atoms with E-state index < -0.39 is 23.8 Å². The number of nitrogens with one attached hydrogen (secondary N) is 1. The number of carbonyl (C=O) groups is 2. The summed E-state index contributed by atoms with van der Waals surface area (Å²) in [7, 11) is 0. The standard InChI is InChI=1S/C20H23NO6/c22-9-8-15(11-14-6-7-16(23)12-18(14)24)19(25)21-17(20(26)27)10-13-4-2-1-3-5-13/h1-7,12,15,17,22-24H,8-11H2,(H,21,25)(H,26,27). The summed E-state index contributed by atoms with van der Waals surface area (Å²) in [5.41, 5.74) is 1.21. The highest BCUT2D eigenvalue weighted by atomic mass is 16.4. The minimum atomic E-state index is -1.15. The Hall–Kier alpha value is -3.06. The Kier molecular flexibility index (Phi) is 7.19. The first-order valence-corrected chi connectivity index (χ1v) is 8.59. The molecule has 5 N–H and O–H groups in total. The predicted octanol–water partition coefficient (Wildman–Crippen LogP) is 1.45. The average molecular weight is 373 g/mol. The minimum absolute atomic E-state index is 0.104. The maximum absolute atomic E-state index is 12.6. The van der Waals surface area contributed by atoms with Crippen LogP contribution in [-0.2, 0) is 22.4 Å². The third-order valence-corrected chi connectivity index (χ3v) is 4.28. The molecule has 0 spiro atoms. The van der Waals surface area contributed by atoms with Gasteiger partial charge in [-0.05, 0) is 30.0 Å². The number of phenols is 2. The Bertz CT molecular complexity index is 777. The third-order valence-electron chi connectivity index (χ3n) is 4.28. The van der Waals surface area contributed by atoms with Gasteiger partial charge in [0.05, 0.1) is 0 Å². The van der Waals surface area contributed by atoms with Crippen molar-refractivity contribution in [2.45, 2.75) is 25.3 Å². The Balaban J connectivity index is 2.10. The number of aliphatic hydroxyl groups is 1. The molecule has 0 radical (unpaired) electrons. The second-order valence-electron chi connectivity index (χ2n) is 6.32. The largest absolute Gasteiger partial charge is 0.508 e. The number of hydrogen-bond acceptors (Lipinski definition) is 5. The predicted molar refractivity (Wildman–Crippen MR) is 98.4 cm³/mol. The summed E-state index contributed by atoms with van der Waals surface area (Å²) in [6, 6.07) is 11.9. The molecule has 2 unspecified atom stereocenters. The zero-order valence-electron chi connectivity index (χ0n) is 14.7. The molecule has 0 fully saturated rings. The van der Waals surface area contributed by atoms with Crippen LogP contribution in [0, 0.1) is 5.92 Å². The number of carboxylic acids is 1. The number of phenolic OH excluding ortho intramolecular Hbond substituents is 2. The van der Waals surface area contributed by atoms with Gasteiger partial charge in [0.25, 0.3) is 0 Å². The van der Waals surface area contributed by atoms with Gasteiger partial charge in [-0.25, -0.2) is 4.79 Å². The molecular formula is C20H23NO6. The van der Waals surface area contributed by atoms with E-state index in [0.717, 1.165) is 5.56 Å². The van der Waals surface area contributed by atoms with Crippen molar-refractivity contribution < 1.29 is 30.0 Å². The number of amides is 1. The van der Waals surface area contributed by atoms with Crippen LogP contribution in [0.1, 0.15) is 17.5 Å². The van der Waals surface area contributed by atoms with E-state index >= 15 is 0 Å². The van der Waals surface area contributed by atoms with Crippen LogP contribution in [0.5, 0.6) is 11.5 Å². The van der Waals surface area contributed by atoms with Crippen LogP contribution in [0.15, 0.2) is 48.5 Å². The quantitative estimate of drug-likeness (QED) is 0.453. The van der Waals surface area contributed by atoms with Crippen LogP contribution in [0.4, 0.5) is 0 Å². The highest BCUT2D eigenvalue weighted by Crippen LogP contribution is 2.26. The van der Waals surface area contributed by atoms with Crippen molar-refractivity contribution in [1.82, 2.24) is 5.32 Å². The number of benzene rings is 2. The number of hydrogen-bond donors (Lipinski definition) is 5. The molecule has 0 saturated carbocycles. The van der Waals surface area contributed by atoms with Gasteiger partial charge in [-0.15, -0.1) is 0 Å². The Morgan fingerprint density at radius 3 is 2.30 bits per heavy atom. The normalized spacial score (nSPS) is 12.9. The molecule has 7 heteroatoms. The highest BCUT2D eigenvalue weighted by Gasteiger charge is 2.26. The lowest BCUT2D eigenvalue weighted by Gasteiger charge is -2.20. The first kappa shape index (κ1) is 20.3. The van der Waals surface area contributed by atoms with Crippen molar-refractivity contribution in [3.63, 3.8) is 0 Å². The number of aliphatic hydroxyl groups excluding tert-OH is 1. The maximum Gasteiger partial charge on any atom is 0.326 e. The smallest absolute Gasteiger partial charge is 0.326 e. The molecule has 0 aliphatic rings. The molecule has 0 aromatic heterocycles. The van der Waals surface area contributed by atoms with Crippen LogP contribution in [0.3, 0.4) is 0 Å². The Morgan fingerprint density at radius 1 is 1.00 bits per heavy atom. The average Bonchev–Trinajstić information content (AvgIpc) is 2.63. The van der Waals surface area contributed by atoms with Gasteiger partial charge >= 0.3 is 5.97 Å². The van der Waals surface area contributed by atoms with Gasteiger partial charge in [-0.2, -0.15) is 0 Å². The van der Waals surface area contributed by atoms with Gasteiger partial charge in [0.15, 0.2) is 0 Å². The molecule has 27 heavy (non-hydrogen) atoms. The van der Waals surface area contributed by atoms with E-state index in [0.29, 0.717) is 5.56 Å². The van der Waals surface area contributed by atoms with Crippen LogP contribution in [0.25, 0.3) is 0 Å². The van der Waals surface area contributed by atoms with Crippen LogP contribution >= 0.6 is 0 Å². The maximum atomic E-state index is 12.6. The first-order chi connectivity index (χ1) is 12.9. The molecule has 2 aromatic carbocycles. The van der Waals surface area contributed by atoms with Crippen molar-refractivity contribution >= 4 is 11.9 Å². The van der Waals surface area contributed by atoms with E-state index in [1.165, 1.54) is 18.2 Å². The minimum Gasteiger partial charge on any atom is -0.508 e. The molecule has 2 aromatic rings. The topological polar surface area (TPSA) is 127 Å². The molecule has 0 aliphatic carbocycles. The van der Waals surface area contributed by atoms with Crippen molar-refractivity contribution in [3.8, 4) is 11.5 Å². The molecule has 1 amide bonds. The van der Waals surface area contributed by atoms with Gasteiger partial charge in [-0.1, -0.05) is 36.4 Å². The van der Waals surface area contributed by atoms with E-state index in [-0.39, 0.29) is 37.4 Å². The fraction of sp³-hybridized carbons (Fsp3) is 0.300. The molecule has 2 rings (SSSR count). The van der Waals surface area contributed by atoms with E-state index in [2.05, 4.69) is 5.32 Å². The summed E-state index contributed by atoms with van der Waals surface area (Å²) in [4.78, 5) is 24.1. The number of carbonyl (C=O) groups excluding carboxylic acids is 1. The highest BCUT2D eigenvalue weighted by molar-refractivity contribution is 5.85. The zero-order valence-corrected chi connectivity index (χ0v) is 14.7. The summed E-state index contributed by atoms with van der Waals surface area (Å²) < 4.78 is 0. The monoisotopic (exact) mass is 373 g/mol. The van der Waals surface area contributed by atoms with E-state index in [1.54, 1.807) is 24.3 Å². The second-order valence-corrected chi connectivity index (χ2v) is 6.32. The number of rotatable bonds is 9. The Morgan fingerprint density at radius 2 is 1.70 bits per heavy atom. The molecule has 0 bridgehead atoms.